The molecule has 1 amide bonds. The molecule has 0 fully saturated rings. The van der Waals surface area contributed by atoms with Crippen LogP contribution in [0.25, 0.3) is 0 Å². The van der Waals surface area contributed by atoms with Crippen LogP contribution in [0, 0.1) is 6.92 Å². The maximum Gasteiger partial charge on any atom is 0.261 e. The zero-order chi connectivity index (χ0) is 19.6. The molecule has 2 N–H and O–H groups in total. The number of nitrogens with one attached hydrogen (secondary N) is 2. The highest BCUT2D eigenvalue weighted by Crippen LogP contribution is 2.21. The summed E-state index contributed by atoms with van der Waals surface area (Å²) >= 11 is 5.36. The van der Waals surface area contributed by atoms with Crippen LogP contribution < -0.4 is 15.4 Å². The third kappa shape index (κ3) is 6.07. The highest BCUT2D eigenvalue weighted by atomic mass is 32.1. The molecule has 27 heavy (non-hydrogen) atoms. The Kier molecular flexibility index (Phi) is 8.27. The number of amides is 1. The minimum atomic E-state index is -0.273. The molecule has 0 saturated heterocycles. The molecule has 144 valence electrons. The van der Waals surface area contributed by atoms with Crippen molar-refractivity contribution in [2.24, 2.45) is 0 Å². The molecule has 0 aliphatic carbocycles. The number of ether oxygens (including phenoxy) is 1. The zero-order valence-corrected chi connectivity index (χ0v) is 17.1. The lowest BCUT2D eigenvalue weighted by atomic mass is 10.1. The number of benzene rings is 2. The summed E-state index contributed by atoms with van der Waals surface area (Å²) in [6, 6.07) is 13.3. The Bertz CT molecular complexity index is 790. The van der Waals surface area contributed by atoms with Crippen LogP contribution in [0.4, 0.5) is 5.69 Å². The lowest BCUT2D eigenvalue weighted by molar-refractivity contribution is 0.0973. The topological polar surface area (TPSA) is 50.4 Å². The number of para-hydroxylation sites is 2. The van der Waals surface area contributed by atoms with E-state index in [1.54, 1.807) is 6.07 Å². The summed E-state index contributed by atoms with van der Waals surface area (Å²) in [5.41, 5.74) is 3.69. The van der Waals surface area contributed by atoms with Gasteiger partial charge in [0.2, 0.25) is 0 Å². The SMILES string of the molecule is CCCCCOc1ccccc1C(=O)NC(=S)Nc1c(C)cccc1CC. The second kappa shape index (κ2) is 10.7. The largest absolute Gasteiger partial charge is 0.493 e. The van der Waals surface area contributed by atoms with E-state index < -0.39 is 0 Å². The number of carbonyl (C=O) groups excluding carboxylic acids is 1. The van der Waals surface area contributed by atoms with E-state index in [-0.39, 0.29) is 11.0 Å². The lowest BCUT2D eigenvalue weighted by Gasteiger charge is -2.16. The Hall–Kier alpha value is -2.40. The predicted molar refractivity (Wildman–Crippen MR) is 116 cm³/mol. The molecule has 0 saturated carbocycles. The fourth-order valence-corrected chi connectivity index (χ4v) is 3.03. The van der Waals surface area contributed by atoms with Crippen molar-refractivity contribution in [1.29, 1.82) is 0 Å². The number of aryl methyl sites for hydroxylation is 2. The van der Waals surface area contributed by atoms with Gasteiger partial charge in [-0.15, -0.1) is 0 Å². The van der Waals surface area contributed by atoms with Crippen molar-refractivity contribution in [3.05, 3.63) is 59.2 Å². The summed E-state index contributed by atoms with van der Waals surface area (Å²) < 4.78 is 5.79. The van der Waals surface area contributed by atoms with Crippen LogP contribution in [-0.4, -0.2) is 17.6 Å². The number of hydrogen-bond donors (Lipinski definition) is 2. The molecule has 2 aromatic rings. The molecule has 0 aromatic heterocycles. The van der Waals surface area contributed by atoms with E-state index in [2.05, 4.69) is 30.5 Å². The van der Waals surface area contributed by atoms with E-state index >= 15 is 0 Å². The van der Waals surface area contributed by atoms with Crippen molar-refractivity contribution in [3.63, 3.8) is 0 Å². The monoisotopic (exact) mass is 384 g/mol. The minimum absolute atomic E-state index is 0.273. The smallest absolute Gasteiger partial charge is 0.261 e. The van der Waals surface area contributed by atoms with Crippen molar-refractivity contribution in [2.45, 2.75) is 46.5 Å². The number of thiocarbonyl (C=S) groups is 1. The van der Waals surface area contributed by atoms with Crippen LogP contribution in [0.15, 0.2) is 42.5 Å². The first kappa shape index (κ1) is 20.9. The summed E-state index contributed by atoms with van der Waals surface area (Å²) in [5.74, 6) is 0.310. The molecule has 0 aliphatic heterocycles. The third-order valence-corrected chi connectivity index (χ3v) is 4.55. The molecule has 4 nitrogen and oxygen atoms in total. The summed E-state index contributed by atoms with van der Waals surface area (Å²) in [6.45, 7) is 6.86. The van der Waals surface area contributed by atoms with Crippen LogP contribution in [0.3, 0.4) is 0 Å². The molecule has 0 radical (unpaired) electrons. The van der Waals surface area contributed by atoms with Crippen LogP contribution in [0.2, 0.25) is 0 Å². The van der Waals surface area contributed by atoms with Crippen LogP contribution in [0.5, 0.6) is 5.75 Å². The molecule has 0 unspecified atom stereocenters. The Morgan fingerprint density at radius 3 is 2.59 bits per heavy atom. The fraction of sp³-hybridized carbons (Fsp3) is 0.364. The first-order chi connectivity index (χ1) is 13.1. The average molecular weight is 385 g/mol. The highest BCUT2D eigenvalue weighted by Gasteiger charge is 2.14. The van der Waals surface area contributed by atoms with E-state index in [1.165, 1.54) is 0 Å². The molecule has 0 heterocycles. The fourth-order valence-electron chi connectivity index (χ4n) is 2.83. The Balaban J connectivity index is 2.04. The van der Waals surface area contributed by atoms with Gasteiger partial charge in [-0.2, -0.15) is 0 Å². The van der Waals surface area contributed by atoms with Gasteiger partial charge in [0.1, 0.15) is 5.75 Å². The third-order valence-electron chi connectivity index (χ3n) is 4.34. The first-order valence-corrected chi connectivity index (χ1v) is 9.90. The van der Waals surface area contributed by atoms with Crippen molar-refractivity contribution in [2.75, 3.05) is 11.9 Å². The van der Waals surface area contributed by atoms with Crippen LogP contribution in [-0.2, 0) is 6.42 Å². The predicted octanol–water partition coefficient (Wildman–Crippen LogP) is 5.25. The van der Waals surface area contributed by atoms with E-state index in [0.29, 0.717) is 17.9 Å². The van der Waals surface area contributed by atoms with Gasteiger partial charge in [-0.3, -0.25) is 10.1 Å². The Morgan fingerprint density at radius 1 is 1.07 bits per heavy atom. The van der Waals surface area contributed by atoms with Gasteiger partial charge in [-0.1, -0.05) is 57.0 Å². The molecule has 0 bridgehead atoms. The second-order valence-electron chi connectivity index (χ2n) is 6.42. The number of anilines is 1. The zero-order valence-electron chi connectivity index (χ0n) is 16.3. The maximum absolute atomic E-state index is 12.7. The second-order valence-corrected chi connectivity index (χ2v) is 6.83. The van der Waals surface area contributed by atoms with Gasteiger partial charge >= 0.3 is 0 Å². The molecular weight excluding hydrogens is 356 g/mol. The molecule has 2 rings (SSSR count). The van der Waals surface area contributed by atoms with E-state index in [4.69, 9.17) is 17.0 Å². The maximum atomic E-state index is 12.7. The van der Waals surface area contributed by atoms with E-state index in [1.807, 2.05) is 37.3 Å². The summed E-state index contributed by atoms with van der Waals surface area (Å²) in [6.07, 6.45) is 4.09. The van der Waals surface area contributed by atoms with Gasteiger partial charge in [0.25, 0.3) is 5.91 Å². The van der Waals surface area contributed by atoms with Crippen LogP contribution in [0.1, 0.15) is 54.6 Å². The highest BCUT2D eigenvalue weighted by molar-refractivity contribution is 7.80. The lowest BCUT2D eigenvalue weighted by Crippen LogP contribution is -2.34. The van der Waals surface area contributed by atoms with Crippen LogP contribution >= 0.6 is 12.2 Å². The summed E-state index contributed by atoms with van der Waals surface area (Å²) in [4.78, 5) is 12.7. The molecule has 0 atom stereocenters. The van der Waals surface area contributed by atoms with Crippen molar-refractivity contribution in [3.8, 4) is 5.75 Å². The van der Waals surface area contributed by atoms with Gasteiger partial charge in [-0.05, 0) is 55.2 Å². The molecule has 0 aliphatic rings. The number of carbonyl (C=O) groups is 1. The first-order valence-electron chi connectivity index (χ1n) is 9.49. The standard InChI is InChI=1S/C22H28N2O2S/c1-4-6-9-15-26-19-14-8-7-13-18(19)21(25)24-22(27)23-20-16(3)11-10-12-17(20)5-2/h7-8,10-14H,4-6,9,15H2,1-3H3,(H2,23,24,25,27). The van der Waals surface area contributed by atoms with Gasteiger partial charge in [0.15, 0.2) is 5.11 Å². The van der Waals surface area contributed by atoms with Gasteiger partial charge in [0, 0.05) is 5.69 Å². The van der Waals surface area contributed by atoms with E-state index in [0.717, 1.165) is 42.5 Å². The quantitative estimate of drug-likeness (QED) is 0.482. The Labute approximate surface area is 167 Å². The normalized spacial score (nSPS) is 10.3. The molecule has 0 spiro atoms. The molecule has 5 heteroatoms. The van der Waals surface area contributed by atoms with Crippen molar-refractivity contribution in [1.82, 2.24) is 5.32 Å². The van der Waals surface area contributed by atoms with E-state index in [9.17, 15) is 4.79 Å². The number of rotatable bonds is 8. The van der Waals surface area contributed by atoms with Crippen molar-refractivity contribution >= 4 is 28.9 Å². The minimum Gasteiger partial charge on any atom is -0.493 e. The molecule has 2 aromatic carbocycles. The summed E-state index contributed by atoms with van der Waals surface area (Å²) in [5, 5.41) is 6.22. The van der Waals surface area contributed by atoms with Crippen molar-refractivity contribution < 1.29 is 9.53 Å². The van der Waals surface area contributed by atoms with Gasteiger partial charge < -0.3 is 10.1 Å². The summed E-state index contributed by atoms with van der Waals surface area (Å²) in [7, 11) is 0. The Morgan fingerprint density at radius 2 is 1.85 bits per heavy atom. The number of hydrogen-bond acceptors (Lipinski definition) is 3. The number of unbranched alkanes of at least 4 members (excludes halogenated alkanes) is 2. The van der Waals surface area contributed by atoms with Gasteiger partial charge in [-0.25, -0.2) is 0 Å². The average Bonchev–Trinajstić information content (AvgIpc) is 2.67. The molecular formula is C22H28N2O2S. The van der Waals surface area contributed by atoms with Gasteiger partial charge in [0.05, 0.1) is 12.2 Å².